The molecule has 0 saturated heterocycles. The van der Waals surface area contributed by atoms with Gasteiger partial charge >= 0.3 is 12.2 Å². The number of benzene rings is 2. The third kappa shape index (κ3) is 6.87. The highest BCUT2D eigenvalue weighted by atomic mass is 19.4. The van der Waals surface area contributed by atoms with Crippen LogP contribution in [-0.4, -0.2) is 21.6 Å². The van der Waals surface area contributed by atoms with Gasteiger partial charge < -0.3 is 14.2 Å². The second kappa shape index (κ2) is 11.1. The number of aromatic nitrogens is 3. The average Bonchev–Trinajstić information content (AvgIpc) is 2.87. The molecule has 2 aromatic carbocycles. The number of pyridine rings is 1. The normalized spacial score (nSPS) is 11.3. The van der Waals surface area contributed by atoms with Gasteiger partial charge in [-0.05, 0) is 35.4 Å². The number of halogens is 6. The highest BCUT2D eigenvalue weighted by Gasteiger charge is 2.34. The fourth-order valence-electron chi connectivity index (χ4n) is 3.07. The van der Waals surface area contributed by atoms with Crippen LogP contribution < -0.4 is 14.2 Å². The minimum atomic E-state index is -4.95. The van der Waals surface area contributed by atoms with Gasteiger partial charge in [0, 0.05) is 12.6 Å². The summed E-state index contributed by atoms with van der Waals surface area (Å²) in [6, 6.07) is 12.0. The zero-order valence-electron chi connectivity index (χ0n) is 18.8. The molecule has 0 atom stereocenters. The maximum atomic E-state index is 14.4. The molecule has 0 aliphatic rings. The van der Waals surface area contributed by atoms with Crippen molar-refractivity contribution in [2.45, 2.75) is 19.2 Å². The third-order valence-corrected chi connectivity index (χ3v) is 4.85. The highest BCUT2D eigenvalue weighted by Crippen LogP contribution is 2.35. The van der Waals surface area contributed by atoms with Crippen LogP contribution in [0.15, 0.2) is 67.0 Å². The van der Waals surface area contributed by atoms with Gasteiger partial charge in [-0.25, -0.2) is 18.7 Å². The summed E-state index contributed by atoms with van der Waals surface area (Å²) >= 11 is 0. The van der Waals surface area contributed by atoms with Crippen molar-refractivity contribution in [1.82, 2.24) is 15.0 Å². The minimum absolute atomic E-state index is 0.0859. The van der Waals surface area contributed by atoms with Crippen molar-refractivity contribution in [3.63, 3.8) is 0 Å². The molecule has 0 unspecified atom stereocenters. The molecule has 0 saturated carbocycles. The van der Waals surface area contributed by atoms with Gasteiger partial charge in [-0.3, -0.25) is 0 Å². The molecule has 0 aliphatic carbocycles. The molecule has 2 aromatic heterocycles. The van der Waals surface area contributed by atoms with Crippen molar-refractivity contribution >= 4 is 0 Å². The fraction of sp³-hybridized carbons (Fsp3) is 0.160. The second-order valence-corrected chi connectivity index (χ2v) is 7.55. The van der Waals surface area contributed by atoms with E-state index < -0.39 is 40.8 Å². The Morgan fingerprint density at radius 3 is 2.24 bits per heavy atom. The monoisotopic (exact) mass is 521 g/mol. The Balaban J connectivity index is 1.35. The zero-order valence-corrected chi connectivity index (χ0v) is 18.8. The molecule has 6 nitrogen and oxygen atoms in total. The number of rotatable bonds is 9. The van der Waals surface area contributed by atoms with Gasteiger partial charge in [-0.15, -0.1) is 0 Å². The van der Waals surface area contributed by atoms with E-state index in [1.54, 1.807) is 0 Å². The van der Waals surface area contributed by atoms with Crippen LogP contribution in [0.5, 0.6) is 23.5 Å². The van der Waals surface area contributed by atoms with Gasteiger partial charge in [0.15, 0.2) is 5.82 Å². The predicted octanol–water partition coefficient (Wildman–Crippen LogP) is 6.30. The smallest absolute Gasteiger partial charge is 0.419 e. The number of ether oxygens (including phenoxy) is 3. The first-order valence-electron chi connectivity index (χ1n) is 10.7. The van der Waals surface area contributed by atoms with E-state index in [2.05, 4.69) is 15.0 Å². The Hall–Kier alpha value is -4.35. The summed E-state index contributed by atoms with van der Waals surface area (Å²) in [7, 11) is 0. The Kier molecular flexibility index (Phi) is 7.75. The Morgan fingerprint density at radius 2 is 1.51 bits per heavy atom. The van der Waals surface area contributed by atoms with Crippen LogP contribution in [0.25, 0.3) is 0 Å². The van der Waals surface area contributed by atoms with E-state index in [1.807, 2.05) is 30.3 Å². The van der Waals surface area contributed by atoms with Gasteiger partial charge in [0.25, 0.3) is 11.8 Å². The molecule has 0 bridgehead atoms. The standard InChI is InChI=1S/C25H17F6N3O3/c26-19-7-6-17(11-18(19)25(29,30)31)37-22-20(27)10-16(12-32-22)8-9-35-23-21(28)13-33-24(34-23)36-14-15-4-2-1-3-5-15/h1-7,10-13H,8-9,14H2. The predicted molar refractivity (Wildman–Crippen MR) is 118 cm³/mol. The molecule has 0 aliphatic heterocycles. The van der Waals surface area contributed by atoms with E-state index >= 15 is 0 Å². The lowest BCUT2D eigenvalue weighted by Crippen LogP contribution is -2.08. The summed E-state index contributed by atoms with van der Waals surface area (Å²) in [5.41, 5.74) is -0.361. The van der Waals surface area contributed by atoms with Crippen LogP contribution in [-0.2, 0) is 19.2 Å². The molecule has 192 valence electrons. The summed E-state index contributed by atoms with van der Waals surface area (Å²) in [5, 5.41) is 0. The first kappa shape index (κ1) is 25.7. The van der Waals surface area contributed by atoms with E-state index in [4.69, 9.17) is 14.2 Å². The third-order valence-electron chi connectivity index (χ3n) is 4.85. The Morgan fingerprint density at radius 1 is 0.730 bits per heavy atom. The Bertz CT molecular complexity index is 1370. The summed E-state index contributed by atoms with van der Waals surface area (Å²) in [6.07, 6.45) is -2.75. The van der Waals surface area contributed by atoms with E-state index in [0.717, 1.165) is 23.9 Å². The summed E-state index contributed by atoms with van der Waals surface area (Å²) in [5.74, 6) is -4.69. The number of alkyl halides is 3. The zero-order chi connectivity index (χ0) is 26.4. The number of hydrogen-bond donors (Lipinski definition) is 0. The topological polar surface area (TPSA) is 66.4 Å². The van der Waals surface area contributed by atoms with E-state index in [-0.39, 0.29) is 31.5 Å². The number of nitrogens with zero attached hydrogens (tertiary/aromatic N) is 3. The second-order valence-electron chi connectivity index (χ2n) is 7.55. The summed E-state index contributed by atoms with van der Waals surface area (Å²) in [6.45, 7) is 0.0566. The lowest BCUT2D eigenvalue weighted by atomic mass is 10.2. The average molecular weight is 521 g/mol. The molecular weight excluding hydrogens is 504 g/mol. The van der Waals surface area contributed by atoms with Gasteiger partial charge in [-0.1, -0.05) is 30.3 Å². The Labute approximate surface area is 206 Å². The molecule has 12 heteroatoms. The molecular formula is C25H17F6N3O3. The van der Waals surface area contributed by atoms with Crippen molar-refractivity contribution in [3.8, 4) is 23.5 Å². The molecule has 4 rings (SSSR count). The SMILES string of the molecule is Fc1ccc(Oc2ncc(CCOc3nc(OCc4ccccc4)ncc3F)cc2F)cc1C(F)(F)F. The van der Waals surface area contributed by atoms with Crippen molar-refractivity contribution < 1.29 is 40.6 Å². The van der Waals surface area contributed by atoms with E-state index in [1.165, 1.54) is 6.20 Å². The molecule has 2 heterocycles. The van der Waals surface area contributed by atoms with Crippen LogP contribution in [0, 0.1) is 17.5 Å². The van der Waals surface area contributed by atoms with Crippen LogP contribution in [0.1, 0.15) is 16.7 Å². The fourth-order valence-corrected chi connectivity index (χ4v) is 3.07. The number of hydrogen-bond acceptors (Lipinski definition) is 6. The van der Waals surface area contributed by atoms with Crippen molar-refractivity contribution in [2.24, 2.45) is 0 Å². The molecule has 37 heavy (non-hydrogen) atoms. The van der Waals surface area contributed by atoms with Crippen molar-refractivity contribution in [3.05, 3.63) is 101 Å². The van der Waals surface area contributed by atoms with Crippen molar-refractivity contribution in [1.29, 1.82) is 0 Å². The van der Waals surface area contributed by atoms with Crippen LogP contribution in [0.4, 0.5) is 26.3 Å². The van der Waals surface area contributed by atoms with E-state index in [9.17, 15) is 26.3 Å². The minimum Gasteiger partial charge on any atom is -0.475 e. The molecule has 0 spiro atoms. The van der Waals surface area contributed by atoms with Gasteiger partial charge in [-0.2, -0.15) is 22.5 Å². The lowest BCUT2D eigenvalue weighted by molar-refractivity contribution is -0.140. The molecule has 0 N–H and O–H groups in total. The molecule has 0 radical (unpaired) electrons. The van der Waals surface area contributed by atoms with Gasteiger partial charge in [0.2, 0.25) is 5.82 Å². The summed E-state index contributed by atoms with van der Waals surface area (Å²) in [4.78, 5) is 11.4. The molecule has 0 amide bonds. The van der Waals surface area contributed by atoms with Crippen molar-refractivity contribution in [2.75, 3.05) is 6.61 Å². The highest BCUT2D eigenvalue weighted by molar-refractivity contribution is 5.35. The largest absolute Gasteiger partial charge is 0.475 e. The summed E-state index contributed by atoms with van der Waals surface area (Å²) < 4.78 is 96.3. The maximum Gasteiger partial charge on any atom is 0.419 e. The first-order chi connectivity index (χ1) is 17.7. The quantitative estimate of drug-likeness (QED) is 0.241. The van der Waals surface area contributed by atoms with Crippen LogP contribution in [0.2, 0.25) is 0 Å². The maximum absolute atomic E-state index is 14.4. The molecule has 4 aromatic rings. The van der Waals surface area contributed by atoms with E-state index in [0.29, 0.717) is 17.7 Å². The van der Waals surface area contributed by atoms with Gasteiger partial charge in [0.1, 0.15) is 18.2 Å². The lowest BCUT2D eigenvalue weighted by Gasteiger charge is -2.11. The van der Waals surface area contributed by atoms with Crippen LogP contribution in [0.3, 0.4) is 0 Å². The van der Waals surface area contributed by atoms with Crippen LogP contribution >= 0.6 is 0 Å². The molecule has 0 fully saturated rings. The van der Waals surface area contributed by atoms with Gasteiger partial charge in [0.05, 0.1) is 18.4 Å². The first-order valence-corrected chi connectivity index (χ1v) is 10.7.